The van der Waals surface area contributed by atoms with Crippen LogP contribution < -0.4 is 10.3 Å². The molecule has 6 heteroatoms. The molecule has 0 aliphatic carbocycles. The van der Waals surface area contributed by atoms with Gasteiger partial charge in [-0.25, -0.2) is 4.68 Å². The molecule has 31 heavy (non-hydrogen) atoms. The van der Waals surface area contributed by atoms with Crippen LogP contribution in [-0.2, 0) is 10.2 Å². The number of likely N-dealkylation sites (tertiary alicyclic amines) is 1. The zero-order valence-electron chi connectivity index (χ0n) is 18.4. The van der Waals surface area contributed by atoms with Gasteiger partial charge in [0.1, 0.15) is 5.75 Å². The Bertz CT molecular complexity index is 1140. The summed E-state index contributed by atoms with van der Waals surface area (Å²) in [5.41, 5.74) is 0.693. The van der Waals surface area contributed by atoms with Crippen LogP contribution in [0.3, 0.4) is 0 Å². The Morgan fingerprint density at radius 2 is 1.74 bits per heavy atom. The fourth-order valence-corrected chi connectivity index (χ4v) is 3.94. The summed E-state index contributed by atoms with van der Waals surface area (Å²) < 4.78 is 7.36. The van der Waals surface area contributed by atoms with Crippen LogP contribution in [0, 0.1) is 0 Å². The van der Waals surface area contributed by atoms with E-state index in [0.29, 0.717) is 31.7 Å². The minimum atomic E-state index is -0.119. The summed E-state index contributed by atoms with van der Waals surface area (Å²) in [4.78, 5) is 26.8. The molecule has 0 bridgehead atoms. The van der Waals surface area contributed by atoms with Gasteiger partial charge in [0.2, 0.25) is 0 Å². The summed E-state index contributed by atoms with van der Waals surface area (Å²) in [6.07, 6.45) is 1.42. The maximum absolute atomic E-state index is 12.6. The molecule has 0 unspecified atom stereocenters. The van der Waals surface area contributed by atoms with E-state index in [9.17, 15) is 9.59 Å². The number of aromatic nitrogens is 2. The molecule has 0 radical (unpaired) electrons. The lowest BCUT2D eigenvalue weighted by Crippen LogP contribution is -2.43. The van der Waals surface area contributed by atoms with Gasteiger partial charge in [0.25, 0.3) is 11.5 Å². The van der Waals surface area contributed by atoms with Crippen molar-refractivity contribution < 1.29 is 9.53 Å². The molecule has 2 heterocycles. The van der Waals surface area contributed by atoms with Gasteiger partial charge in [-0.3, -0.25) is 9.59 Å². The highest BCUT2D eigenvalue weighted by Gasteiger charge is 2.26. The number of benzene rings is 2. The highest BCUT2D eigenvalue weighted by Crippen LogP contribution is 2.24. The topological polar surface area (TPSA) is 64.4 Å². The van der Waals surface area contributed by atoms with E-state index in [0.717, 1.165) is 16.5 Å². The quantitative estimate of drug-likeness (QED) is 0.643. The van der Waals surface area contributed by atoms with E-state index in [4.69, 9.17) is 4.74 Å². The number of rotatable bonds is 4. The third-order valence-electron chi connectivity index (χ3n) is 5.84. The number of carbonyl (C=O) groups is 1. The first kappa shape index (κ1) is 21.1. The molecular formula is C25H29N3O3. The Kier molecular flexibility index (Phi) is 5.81. The smallest absolute Gasteiger partial charge is 0.267 e. The van der Waals surface area contributed by atoms with Gasteiger partial charge in [0, 0.05) is 24.6 Å². The molecule has 1 fully saturated rings. The predicted octanol–water partition coefficient (Wildman–Crippen LogP) is 3.94. The molecule has 1 aliphatic heterocycles. The lowest BCUT2D eigenvalue weighted by Gasteiger charge is -2.32. The molecule has 2 aromatic carbocycles. The number of fused-ring (bicyclic) bond motifs is 1. The number of amides is 1. The van der Waals surface area contributed by atoms with E-state index in [1.54, 1.807) is 10.7 Å². The third kappa shape index (κ3) is 4.79. The van der Waals surface area contributed by atoms with Crippen LogP contribution in [0.5, 0.6) is 5.75 Å². The maximum Gasteiger partial charge on any atom is 0.267 e. The fraction of sp³-hybridized carbons (Fsp3) is 0.400. The summed E-state index contributed by atoms with van der Waals surface area (Å²) in [6.45, 7) is 7.46. The van der Waals surface area contributed by atoms with Crippen LogP contribution in [0.4, 0.5) is 0 Å². The van der Waals surface area contributed by atoms with Gasteiger partial charge in [0.05, 0.1) is 11.7 Å². The molecule has 1 aromatic heterocycles. The van der Waals surface area contributed by atoms with Gasteiger partial charge in [-0.05, 0) is 41.8 Å². The number of hydrogen-bond acceptors (Lipinski definition) is 4. The van der Waals surface area contributed by atoms with Crippen molar-refractivity contribution in [1.29, 1.82) is 0 Å². The number of piperidine rings is 1. The first-order valence-electron chi connectivity index (χ1n) is 10.8. The molecular weight excluding hydrogens is 390 g/mol. The number of ether oxygens (including phenoxy) is 1. The zero-order chi connectivity index (χ0) is 22.0. The maximum atomic E-state index is 12.6. The van der Waals surface area contributed by atoms with Crippen molar-refractivity contribution >= 4 is 16.7 Å². The van der Waals surface area contributed by atoms with E-state index in [1.165, 1.54) is 0 Å². The van der Waals surface area contributed by atoms with Crippen molar-refractivity contribution in [3.63, 3.8) is 0 Å². The minimum absolute atomic E-state index is 0.0141. The summed E-state index contributed by atoms with van der Waals surface area (Å²) >= 11 is 0. The van der Waals surface area contributed by atoms with Crippen molar-refractivity contribution in [3.05, 3.63) is 70.6 Å². The van der Waals surface area contributed by atoms with E-state index in [2.05, 4.69) is 25.9 Å². The summed E-state index contributed by atoms with van der Waals surface area (Å²) in [6, 6.07) is 17.3. The van der Waals surface area contributed by atoms with Gasteiger partial charge in [-0.2, -0.15) is 5.10 Å². The lowest BCUT2D eigenvalue weighted by atomic mass is 9.92. The van der Waals surface area contributed by atoms with E-state index in [-0.39, 0.29) is 29.5 Å². The monoisotopic (exact) mass is 419 g/mol. The largest absolute Gasteiger partial charge is 0.484 e. The van der Waals surface area contributed by atoms with Gasteiger partial charge in [-0.1, -0.05) is 51.1 Å². The van der Waals surface area contributed by atoms with Gasteiger partial charge >= 0.3 is 0 Å². The fourth-order valence-electron chi connectivity index (χ4n) is 3.94. The Morgan fingerprint density at radius 3 is 2.45 bits per heavy atom. The average Bonchev–Trinajstić information content (AvgIpc) is 2.77. The van der Waals surface area contributed by atoms with Gasteiger partial charge in [0.15, 0.2) is 6.61 Å². The first-order valence-corrected chi connectivity index (χ1v) is 10.8. The number of hydrogen-bond donors (Lipinski definition) is 0. The van der Waals surface area contributed by atoms with Crippen LogP contribution >= 0.6 is 0 Å². The highest BCUT2D eigenvalue weighted by atomic mass is 16.5. The summed E-state index contributed by atoms with van der Waals surface area (Å²) in [5.74, 6) is 0.659. The lowest BCUT2D eigenvalue weighted by molar-refractivity contribution is -0.134. The predicted molar refractivity (Wildman–Crippen MR) is 121 cm³/mol. The standard InChI is InChI=1S/C25H29N3O3/c1-25(2,3)22-10-11-23(29)28(26-22)20-12-14-27(15-13-20)24(30)17-31-21-9-8-18-6-4-5-7-19(18)16-21/h4-11,16,20H,12-15,17H2,1-3H3. The molecule has 1 aliphatic rings. The van der Waals surface area contributed by atoms with Crippen LogP contribution in [0.15, 0.2) is 59.4 Å². The molecule has 3 aromatic rings. The van der Waals surface area contributed by atoms with Gasteiger partial charge < -0.3 is 9.64 Å². The highest BCUT2D eigenvalue weighted by molar-refractivity contribution is 5.84. The van der Waals surface area contributed by atoms with E-state index >= 15 is 0 Å². The Hall–Kier alpha value is -3.15. The second-order valence-corrected chi connectivity index (χ2v) is 9.16. The Balaban J connectivity index is 1.35. The molecule has 162 valence electrons. The molecule has 0 saturated carbocycles. The number of carbonyl (C=O) groups excluding carboxylic acids is 1. The molecule has 6 nitrogen and oxygen atoms in total. The molecule has 0 atom stereocenters. The van der Waals surface area contributed by atoms with E-state index in [1.807, 2.05) is 53.4 Å². The summed E-state index contributed by atoms with van der Waals surface area (Å²) in [5, 5.41) is 6.84. The van der Waals surface area contributed by atoms with Crippen LogP contribution in [-0.4, -0.2) is 40.3 Å². The molecule has 1 saturated heterocycles. The SMILES string of the molecule is CC(C)(C)c1ccc(=O)n(C2CCN(C(=O)COc3ccc4ccccc4c3)CC2)n1. The summed E-state index contributed by atoms with van der Waals surface area (Å²) in [7, 11) is 0. The van der Waals surface area contributed by atoms with Crippen molar-refractivity contribution in [3.8, 4) is 5.75 Å². The Labute approximate surface area is 182 Å². The second kappa shape index (κ2) is 8.53. The van der Waals surface area contributed by atoms with Crippen LogP contribution in [0.1, 0.15) is 45.3 Å². The van der Waals surface area contributed by atoms with Crippen LogP contribution in [0.25, 0.3) is 10.8 Å². The Morgan fingerprint density at radius 1 is 1.03 bits per heavy atom. The molecule has 0 spiro atoms. The molecule has 1 amide bonds. The van der Waals surface area contributed by atoms with Crippen molar-refractivity contribution in [2.24, 2.45) is 0 Å². The second-order valence-electron chi connectivity index (χ2n) is 9.16. The first-order chi connectivity index (χ1) is 14.8. The van der Waals surface area contributed by atoms with Crippen molar-refractivity contribution in [2.45, 2.75) is 45.1 Å². The van der Waals surface area contributed by atoms with Crippen LogP contribution in [0.2, 0.25) is 0 Å². The zero-order valence-corrected chi connectivity index (χ0v) is 18.4. The minimum Gasteiger partial charge on any atom is -0.484 e. The van der Waals surface area contributed by atoms with E-state index < -0.39 is 0 Å². The number of nitrogens with zero attached hydrogens (tertiary/aromatic N) is 3. The third-order valence-corrected chi connectivity index (χ3v) is 5.84. The van der Waals surface area contributed by atoms with Crippen molar-refractivity contribution in [2.75, 3.05) is 19.7 Å². The molecule has 0 N–H and O–H groups in total. The normalized spacial score (nSPS) is 15.3. The average molecular weight is 420 g/mol. The van der Waals surface area contributed by atoms with Crippen molar-refractivity contribution in [1.82, 2.24) is 14.7 Å². The van der Waals surface area contributed by atoms with Gasteiger partial charge in [-0.15, -0.1) is 0 Å². The molecule has 4 rings (SSSR count).